The summed E-state index contributed by atoms with van der Waals surface area (Å²) in [6.07, 6.45) is -0.568. The molecule has 1 heterocycles. The number of esters is 2. The second-order valence-electron chi connectivity index (χ2n) is 7.72. The normalized spacial score (nSPS) is 20.0. The molecule has 31 heavy (non-hydrogen) atoms. The average molecular weight is 445 g/mol. The van der Waals surface area contributed by atoms with Gasteiger partial charge in [0.1, 0.15) is 0 Å². The van der Waals surface area contributed by atoms with Crippen molar-refractivity contribution < 1.29 is 28.6 Å². The van der Waals surface area contributed by atoms with E-state index in [2.05, 4.69) is 0 Å². The van der Waals surface area contributed by atoms with Gasteiger partial charge in [-0.2, -0.15) is 0 Å². The minimum absolute atomic E-state index is 0.0218. The van der Waals surface area contributed by atoms with E-state index in [1.165, 1.54) is 14.2 Å². The summed E-state index contributed by atoms with van der Waals surface area (Å²) in [4.78, 5) is 38.9. The van der Waals surface area contributed by atoms with Gasteiger partial charge in [-0.1, -0.05) is 41.4 Å². The van der Waals surface area contributed by atoms with E-state index in [-0.39, 0.29) is 25.2 Å². The second kappa shape index (κ2) is 9.62. The van der Waals surface area contributed by atoms with Crippen molar-refractivity contribution in [2.24, 2.45) is 11.3 Å². The lowest BCUT2D eigenvalue weighted by Gasteiger charge is -2.42. The van der Waals surface area contributed by atoms with Crippen LogP contribution in [0.4, 0.5) is 0 Å². The van der Waals surface area contributed by atoms with Gasteiger partial charge in [-0.05, 0) is 36.8 Å². The van der Waals surface area contributed by atoms with Crippen LogP contribution in [0, 0.1) is 18.3 Å². The highest BCUT2D eigenvalue weighted by Gasteiger charge is 2.58. The number of carbonyl (C=O) groups excluding carboxylic acids is 3. The monoisotopic (exact) mass is 444 g/mol. The van der Waals surface area contributed by atoms with Gasteiger partial charge in [0.15, 0.2) is 11.2 Å². The van der Waals surface area contributed by atoms with Crippen LogP contribution in [0.3, 0.4) is 0 Å². The Morgan fingerprint density at radius 1 is 1.00 bits per heavy atom. The molecule has 2 aromatic carbocycles. The molecule has 3 rings (SSSR count). The molecule has 0 aromatic heterocycles. The van der Waals surface area contributed by atoms with E-state index in [9.17, 15) is 14.4 Å². The summed E-state index contributed by atoms with van der Waals surface area (Å²) in [7, 11) is 2.45. The van der Waals surface area contributed by atoms with Crippen molar-refractivity contribution in [3.63, 3.8) is 0 Å². The van der Waals surface area contributed by atoms with Crippen LogP contribution in [0.25, 0.3) is 0 Å². The van der Waals surface area contributed by atoms with Gasteiger partial charge < -0.3 is 14.2 Å². The first-order chi connectivity index (χ1) is 14.8. The molecular weight excluding hydrogens is 420 g/mol. The Morgan fingerprint density at radius 3 is 2.13 bits per heavy atom. The number of carbonyl (C=O) groups is 3. The van der Waals surface area contributed by atoms with Gasteiger partial charge in [0.25, 0.3) is 0 Å². The van der Waals surface area contributed by atoms with Crippen LogP contribution in [0.15, 0.2) is 48.5 Å². The second-order valence-corrected chi connectivity index (χ2v) is 8.16. The number of hydrogen-bond donors (Lipinski definition) is 0. The summed E-state index contributed by atoms with van der Waals surface area (Å²) >= 11 is 5.90. The summed E-state index contributed by atoms with van der Waals surface area (Å²) in [5.74, 6) is -2.42. The number of halogens is 1. The fourth-order valence-corrected chi connectivity index (χ4v) is 4.17. The van der Waals surface area contributed by atoms with Crippen molar-refractivity contribution in [3.05, 3.63) is 70.2 Å². The largest absolute Gasteiger partial charge is 0.468 e. The van der Waals surface area contributed by atoms with Crippen molar-refractivity contribution in [1.29, 1.82) is 0 Å². The Bertz CT molecular complexity index is 935. The van der Waals surface area contributed by atoms with E-state index in [0.717, 1.165) is 11.1 Å². The minimum Gasteiger partial charge on any atom is -0.468 e. The maximum Gasteiger partial charge on any atom is 0.323 e. The van der Waals surface area contributed by atoms with Gasteiger partial charge in [0, 0.05) is 29.3 Å². The number of hydrogen-bond acceptors (Lipinski definition) is 6. The van der Waals surface area contributed by atoms with Gasteiger partial charge in [-0.15, -0.1) is 0 Å². The van der Waals surface area contributed by atoms with Crippen LogP contribution in [-0.4, -0.2) is 38.5 Å². The molecule has 0 aliphatic carbocycles. The molecule has 0 N–H and O–H groups in total. The first-order valence-corrected chi connectivity index (χ1v) is 10.3. The van der Waals surface area contributed by atoms with E-state index >= 15 is 0 Å². The zero-order chi connectivity index (χ0) is 22.6. The molecule has 2 atom stereocenters. The highest BCUT2D eigenvalue weighted by molar-refractivity contribution is 6.30. The molecule has 0 radical (unpaired) electrons. The van der Waals surface area contributed by atoms with Crippen molar-refractivity contribution in [2.75, 3.05) is 20.8 Å². The van der Waals surface area contributed by atoms with Crippen LogP contribution in [0.2, 0.25) is 5.02 Å². The summed E-state index contributed by atoms with van der Waals surface area (Å²) in [6.45, 7) is 2.00. The number of aryl methyl sites for hydroxylation is 1. The van der Waals surface area contributed by atoms with Crippen LogP contribution >= 0.6 is 11.6 Å². The average Bonchev–Trinajstić information content (AvgIpc) is 2.79. The first kappa shape index (κ1) is 23.0. The molecule has 1 saturated heterocycles. The van der Waals surface area contributed by atoms with Gasteiger partial charge >= 0.3 is 11.9 Å². The number of Topliss-reactive ketones (excluding diaryl/α,β-unsaturated/α-hetero) is 1. The molecule has 164 valence electrons. The Kier molecular flexibility index (Phi) is 7.13. The summed E-state index contributed by atoms with van der Waals surface area (Å²) in [5.41, 5.74) is 0.705. The third-order valence-electron chi connectivity index (χ3n) is 5.85. The topological polar surface area (TPSA) is 78.9 Å². The zero-order valence-electron chi connectivity index (χ0n) is 17.7. The van der Waals surface area contributed by atoms with Gasteiger partial charge in [-0.3, -0.25) is 14.4 Å². The fraction of sp³-hybridized carbons (Fsp3) is 0.375. The molecule has 0 bridgehead atoms. The smallest absolute Gasteiger partial charge is 0.323 e. The molecule has 1 aliphatic heterocycles. The predicted octanol–water partition coefficient (Wildman–Crippen LogP) is 4.33. The molecule has 0 saturated carbocycles. The lowest BCUT2D eigenvalue weighted by atomic mass is 9.67. The lowest BCUT2D eigenvalue weighted by Crippen LogP contribution is -2.53. The first-order valence-electron chi connectivity index (χ1n) is 9.95. The Labute approximate surface area is 186 Å². The van der Waals surface area contributed by atoms with E-state index < -0.39 is 29.4 Å². The maximum atomic E-state index is 13.0. The SMILES string of the molecule is COC(=O)C1(C(=O)OC)C[C@H](c2ccc(C)cc2)OC[C@H]1CC(=O)c1ccc(Cl)cc1. The minimum atomic E-state index is -1.65. The van der Waals surface area contributed by atoms with Crippen LogP contribution in [-0.2, 0) is 23.8 Å². The van der Waals surface area contributed by atoms with E-state index in [4.69, 9.17) is 25.8 Å². The molecular formula is C24H25ClO6. The molecule has 1 aliphatic rings. The zero-order valence-corrected chi connectivity index (χ0v) is 18.5. The highest BCUT2D eigenvalue weighted by Crippen LogP contribution is 2.47. The molecule has 1 fully saturated rings. The lowest BCUT2D eigenvalue weighted by molar-refractivity contribution is -0.189. The Morgan fingerprint density at radius 2 is 1.58 bits per heavy atom. The molecule has 6 nitrogen and oxygen atoms in total. The predicted molar refractivity (Wildman–Crippen MR) is 115 cm³/mol. The summed E-state index contributed by atoms with van der Waals surface area (Å²) < 4.78 is 16.1. The van der Waals surface area contributed by atoms with Crippen LogP contribution < -0.4 is 0 Å². The number of rotatable bonds is 6. The van der Waals surface area contributed by atoms with Crippen molar-refractivity contribution in [3.8, 4) is 0 Å². The fourth-order valence-electron chi connectivity index (χ4n) is 4.05. The van der Waals surface area contributed by atoms with E-state index in [0.29, 0.717) is 10.6 Å². The van der Waals surface area contributed by atoms with Crippen molar-refractivity contribution in [1.82, 2.24) is 0 Å². The van der Waals surface area contributed by atoms with Crippen LogP contribution in [0.1, 0.15) is 40.4 Å². The molecule has 0 amide bonds. The van der Waals surface area contributed by atoms with Crippen LogP contribution in [0.5, 0.6) is 0 Å². The number of ether oxygens (including phenoxy) is 3. The van der Waals surface area contributed by atoms with Crippen molar-refractivity contribution in [2.45, 2.75) is 25.9 Å². The van der Waals surface area contributed by atoms with Gasteiger partial charge in [-0.25, -0.2) is 0 Å². The number of benzene rings is 2. The number of methoxy groups -OCH3 is 2. The third kappa shape index (κ3) is 4.65. The Hall–Kier alpha value is -2.70. The Balaban J connectivity index is 1.95. The standard InChI is InChI=1S/C24H25ClO6/c1-15-4-6-17(7-5-15)21-13-24(22(27)29-2,23(28)30-3)18(14-31-21)12-20(26)16-8-10-19(25)11-9-16/h4-11,18,21H,12-14H2,1-3H3/t18-,21-/m1/s1. The van der Waals surface area contributed by atoms with Crippen molar-refractivity contribution >= 4 is 29.3 Å². The molecule has 2 aromatic rings. The molecule has 7 heteroatoms. The van der Waals surface area contributed by atoms with E-state index in [1.54, 1.807) is 24.3 Å². The number of ketones is 1. The maximum absolute atomic E-state index is 13.0. The van der Waals surface area contributed by atoms with E-state index in [1.807, 2.05) is 31.2 Å². The highest BCUT2D eigenvalue weighted by atomic mass is 35.5. The third-order valence-corrected chi connectivity index (χ3v) is 6.10. The van der Waals surface area contributed by atoms with Gasteiger partial charge in [0.2, 0.25) is 0 Å². The molecule has 0 unspecified atom stereocenters. The quantitative estimate of drug-likeness (QED) is 0.375. The van der Waals surface area contributed by atoms with Gasteiger partial charge in [0.05, 0.1) is 26.9 Å². The molecule has 0 spiro atoms. The summed E-state index contributed by atoms with van der Waals surface area (Å²) in [5, 5.41) is 0.511. The summed E-state index contributed by atoms with van der Waals surface area (Å²) in [6, 6.07) is 14.1.